The largest absolute Gasteiger partial charge is 0.325 e. The quantitative estimate of drug-likeness (QED) is 0.832. The zero-order valence-corrected chi connectivity index (χ0v) is 15.9. The summed E-state index contributed by atoms with van der Waals surface area (Å²) in [7, 11) is -3.57. The van der Waals surface area contributed by atoms with Crippen LogP contribution in [0.2, 0.25) is 5.02 Å². The lowest BCUT2D eigenvalue weighted by Crippen LogP contribution is -2.39. The topological polar surface area (TPSA) is 66.5 Å². The maximum absolute atomic E-state index is 12.4. The Kier molecular flexibility index (Phi) is 6.21. The molecule has 0 spiro atoms. The molecule has 5 nitrogen and oxygen atoms in total. The number of rotatable bonds is 6. The molecule has 0 aliphatic heterocycles. The van der Waals surface area contributed by atoms with Gasteiger partial charge in [-0.1, -0.05) is 48.0 Å². The maximum Gasteiger partial charge on any atom is 0.239 e. The zero-order valence-electron chi connectivity index (χ0n) is 14.4. The second-order valence-corrected chi connectivity index (χ2v) is 8.27. The van der Waals surface area contributed by atoms with E-state index in [1.54, 1.807) is 25.1 Å². The van der Waals surface area contributed by atoms with Gasteiger partial charge in [-0.05, 0) is 37.1 Å². The van der Waals surface area contributed by atoms with Crippen LogP contribution in [0, 0.1) is 6.92 Å². The molecule has 2 aromatic carbocycles. The molecule has 0 saturated heterocycles. The van der Waals surface area contributed by atoms with Gasteiger partial charge in [0.1, 0.15) is 0 Å². The van der Waals surface area contributed by atoms with Crippen LogP contribution >= 0.6 is 11.6 Å². The van der Waals surface area contributed by atoms with E-state index in [1.165, 1.54) is 4.31 Å². The Bertz CT molecular complexity index is 854. The van der Waals surface area contributed by atoms with Crippen LogP contribution in [0.15, 0.2) is 48.5 Å². The number of carbonyl (C=O) groups excluding carboxylic acids is 1. The molecule has 0 aliphatic carbocycles. The number of hydrogen-bond donors (Lipinski definition) is 1. The van der Waals surface area contributed by atoms with E-state index in [-0.39, 0.29) is 6.54 Å². The minimum absolute atomic E-state index is 0.277. The maximum atomic E-state index is 12.4. The summed E-state index contributed by atoms with van der Waals surface area (Å²) in [6.07, 6.45) is 1.10. The number of carbonyl (C=O) groups is 1. The van der Waals surface area contributed by atoms with Gasteiger partial charge >= 0.3 is 0 Å². The van der Waals surface area contributed by atoms with Crippen molar-refractivity contribution in [2.45, 2.75) is 19.9 Å². The number of sulfonamides is 1. The van der Waals surface area contributed by atoms with Crippen LogP contribution in [0.25, 0.3) is 0 Å². The van der Waals surface area contributed by atoms with E-state index in [1.807, 2.05) is 37.3 Å². The molecule has 1 N–H and O–H groups in total. The van der Waals surface area contributed by atoms with Gasteiger partial charge in [0, 0.05) is 16.8 Å². The summed E-state index contributed by atoms with van der Waals surface area (Å²) in [6, 6.07) is 13.9. The fourth-order valence-electron chi connectivity index (χ4n) is 2.50. The van der Waals surface area contributed by atoms with Crippen molar-refractivity contribution in [3.8, 4) is 0 Å². The molecule has 0 fully saturated rings. The van der Waals surface area contributed by atoms with Crippen molar-refractivity contribution < 1.29 is 13.2 Å². The summed E-state index contributed by atoms with van der Waals surface area (Å²) >= 11 is 5.95. The van der Waals surface area contributed by atoms with Gasteiger partial charge in [-0.3, -0.25) is 4.79 Å². The average molecular weight is 381 g/mol. The predicted molar refractivity (Wildman–Crippen MR) is 101 cm³/mol. The van der Waals surface area contributed by atoms with Gasteiger partial charge in [0.2, 0.25) is 15.9 Å². The van der Waals surface area contributed by atoms with Crippen molar-refractivity contribution in [1.29, 1.82) is 0 Å². The zero-order chi connectivity index (χ0) is 18.6. The number of hydrogen-bond acceptors (Lipinski definition) is 3. The lowest BCUT2D eigenvalue weighted by Gasteiger charge is -2.26. The monoisotopic (exact) mass is 380 g/mol. The molecule has 1 amide bonds. The van der Waals surface area contributed by atoms with E-state index < -0.39 is 22.0 Å². The van der Waals surface area contributed by atoms with Gasteiger partial charge in [0.15, 0.2) is 0 Å². The Hall–Kier alpha value is -1.89. The SMILES string of the molecule is Cc1ccc(Cl)cc1NC(=O)CN(C(C)c1ccccc1)S(C)(=O)=O. The van der Waals surface area contributed by atoms with Crippen molar-refractivity contribution in [1.82, 2.24) is 4.31 Å². The molecule has 2 rings (SSSR count). The molecule has 2 aromatic rings. The van der Waals surface area contributed by atoms with Gasteiger partial charge < -0.3 is 5.32 Å². The lowest BCUT2D eigenvalue weighted by molar-refractivity contribution is -0.116. The Morgan fingerprint density at radius 1 is 1.20 bits per heavy atom. The van der Waals surface area contributed by atoms with E-state index in [0.717, 1.165) is 17.4 Å². The summed E-state index contributed by atoms with van der Waals surface area (Å²) in [5.74, 6) is -0.418. The van der Waals surface area contributed by atoms with E-state index in [0.29, 0.717) is 10.7 Å². The van der Waals surface area contributed by atoms with Crippen LogP contribution in [0.4, 0.5) is 5.69 Å². The molecule has 25 heavy (non-hydrogen) atoms. The fraction of sp³-hybridized carbons (Fsp3) is 0.278. The normalized spacial score (nSPS) is 12.8. The highest BCUT2D eigenvalue weighted by atomic mass is 35.5. The van der Waals surface area contributed by atoms with Crippen molar-refractivity contribution in [2.24, 2.45) is 0 Å². The van der Waals surface area contributed by atoms with E-state index in [9.17, 15) is 13.2 Å². The number of amides is 1. The van der Waals surface area contributed by atoms with Crippen LogP contribution in [0.1, 0.15) is 24.1 Å². The second kappa shape index (κ2) is 7.99. The van der Waals surface area contributed by atoms with Crippen LogP contribution in [0.5, 0.6) is 0 Å². The Balaban J connectivity index is 2.20. The van der Waals surface area contributed by atoms with Gasteiger partial charge in [0.05, 0.1) is 12.8 Å². The number of anilines is 1. The summed E-state index contributed by atoms with van der Waals surface area (Å²) in [6.45, 7) is 3.32. The third-order valence-electron chi connectivity index (χ3n) is 3.91. The van der Waals surface area contributed by atoms with E-state index >= 15 is 0 Å². The smallest absolute Gasteiger partial charge is 0.239 e. The fourth-order valence-corrected chi connectivity index (χ4v) is 3.72. The Morgan fingerprint density at radius 3 is 2.44 bits per heavy atom. The first kappa shape index (κ1) is 19.4. The Morgan fingerprint density at radius 2 is 1.84 bits per heavy atom. The molecule has 0 aromatic heterocycles. The van der Waals surface area contributed by atoms with Crippen molar-refractivity contribution in [3.05, 3.63) is 64.7 Å². The first-order valence-electron chi connectivity index (χ1n) is 7.76. The summed E-state index contributed by atoms with van der Waals surface area (Å²) in [5.41, 5.74) is 2.23. The summed E-state index contributed by atoms with van der Waals surface area (Å²) in [5, 5.41) is 3.23. The number of benzene rings is 2. The van der Waals surface area contributed by atoms with E-state index in [4.69, 9.17) is 11.6 Å². The second-order valence-electron chi connectivity index (χ2n) is 5.90. The molecule has 1 atom stereocenters. The molecule has 0 bridgehead atoms. The first-order valence-corrected chi connectivity index (χ1v) is 9.99. The first-order chi connectivity index (χ1) is 11.7. The van der Waals surface area contributed by atoms with Crippen molar-refractivity contribution in [3.63, 3.8) is 0 Å². The lowest BCUT2D eigenvalue weighted by atomic mass is 10.1. The molecule has 7 heteroatoms. The molecule has 134 valence electrons. The third kappa shape index (κ3) is 5.29. The molecule has 0 aliphatic rings. The number of halogens is 1. The molecule has 1 unspecified atom stereocenters. The summed E-state index contributed by atoms with van der Waals surface area (Å²) in [4.78, 5) is 12.4. The van der Waals surface area contributed by atoms with Gasteiger partial charge in [-0.2, -0.15) is 4.31 Å². The Labute approximate surface area is 153 Å². The average Bonchev–Trinajstić information content (AvgIpc) is 2.55. The number of aryl methyl sites for hydroxylation is 1. The molecule has 0 heterocycles. The van der Waals surface area contributed by atoms with Gasteiger partial charge in [0.25, 0.3) is 0 Å². The van der Waals surface area contributed by atoms with Crippen molar-refractivity contribution in [2.75, 3.05) is 18.1 Å². The van der Waals surface area contributed by atoms with Crippen LogP contribution in [-0.4, -0.2) is 31.4 Å². The molecule has 0 radical (unpaired) electrons. The van der Waals surface area contributed by atoms with Gasteiger partial charge in [-0.15, -0.1) is 0 Å². The summed E-state index contributed by atoms with van der Waals surface area (Å²) < 4.78 is 25.5. The molecule has 0 saturated carbocycles. The highest BCUT2D eigenvalue weighted by Crippen LogP contribution is 2.23. The number of nitrogens with zero attached hydrogens (tertiary/aromatic N) is 1. The number of nitrogens with one attached hydrogen (secondary N) is 1. The van der Waals surface area contributed by atoms with Crippen LogP contribution < -0.4 is 5.32 Å². The van der Waals surface area contributed by atoms with Crippen molar-refractivity contribution >= 4 is 33.2 Å². The minimum Gasteiger partial charge on any atom is -0.325 e. The standard InChI is InChI=1S/C18H21ClN2O3S/c1-13-9-10-16(19)11-17(13)20-18(22)12-21(25(3,23)24)14(2)15-7-5-4-6-8-15/h4-11,14H,12H2,1-3H3,(H,20,22). The molecular weight excluding hydrogens is 360 g/mol. The highest BCUT2D eigenvalue weighted by molar-refractivity contribution is 7.88. The van der Waals surface area contributed by atoms with Gasteiger partial charge in [-0.25, -0.2) is 8.42 Å². The van der Waals surface area contributed by atoms with E-state index in [2.05, 4.69) is 5.32 Å². The highest BCUT2D eigenvalue weighted by Gasteiger charge is 2.27. The third-order valence-corrected chi connectivity index (χ3v) is 5.45. The van der Waals surface area contributed by atoms with Crippen LogP contribution in [-0.2, 0) is 14.8 Å². The minimum atomic E-state index is -3.57. The van der Waals surface area contributed by atoms with Crippen LogP contribution in [0.3, 0.4) is 0 Å². The predicted octanol–water partition coefficient (Wildman–Crippen LogP) is 3.61. The molecular formula is C18H21ClN2O3S.